The number of aromatic nitrogens is 2. The summed E-state index contributed by atoms with van der Waals surface area (Å²) in [5.41, 5.74) is 0. The predicted molar refractivity (Wildman–Crippen MR) is 81.9 cm³/mol. The second kappa shape index (κ2) is 7.57. The Kier molecular flexibility index (Phi) is 5.76. The second-order valence-electron chi connectivity index (χ2n) is 4.52. The first-order valence-corrected chi connectivity index (χ1v) is 7.79. The molecule has 20 heavy (non-hydrogen) atoms. The van der Waals surface area contributed by atoms with Crippen molar-refractivity contribution >= 4 is 22.9 Å². The van der Waals surface area contributed by atoms with Crippen LogP contribution in [0, 0.1) is 0 Å². The average molecular weight is 312 g/mol. The van der Waals surface area contributed by atoms with Crippen LogP contribution in [-0.4, -0.2) is 21.6 Å². The van der Waals surface area contributed by atoms with E-state index in [9.17, 15) is 0 Å². The molecule has 0 unspecified atom stereocenters. The highest BCUT2D eigenvalue weighted by atomic mass is 35.5. The van der Waals surface area contributed by atoms with Gasteiger partial charge in [-0.3, -0.25) is 4.90 Å². The minimum Gasteiger partial charge on any atom is -0.338 e. The molecule has 0 aliphatic carbocycles. The third-order valence-corrected chi connectivity index (χ3v) is 3.95. The summed E-state index contributed by atoms with van der Waals surface area (Å²) >= 11 is 7.55. The van der Waals surface area contributed by atoms with Gasteiger partial charge in [-0.2, -0.15) is 4.98 Å². The summed E-state index contributed by atoms with van der Waals surface area (Å²) in [5, 5.41) is 3.97. The Hall–Kier alpha value is -1.17. The van der Waals surface area contributed by atoms with Gasteiger partial charge in [-0.05, 0) is 18.6 Å². The maximum atomic E-state index is 5.96. The summed E-state index contributed by atoms with van der Waals surface area (Å²) in [5.74, 6) is 1.43. The Morgan fingerprint density at radius 2 is 2.30 bits per heavy atom. The zero-order valence-electron chi connectivity index (χ0n) is 11.5. The number of thiophene rings is 1. The molecule has 0 saturated heterocycles. The van der Waals surface area contributed by atoms with Gasteiger partial charge in [-0.25, -0.2) is 0 Å². The summed E-state index contributed by atoms with van der Waals surface area (Å²) in [6, 6.07) is 3.96. The maximum Gasteiger partial charge on any atom is 0.240 e. The SMILES string of the molecule is C=CCN(Cc1nc(CCC)no1)Cc1ccc(Cl)s1. The zero-order valence-corrected chi connectivity index (χ0v) is 13.1. The third-order valence-electron chi connectivity index (χ3n) is 2.74. The topological polar surface area (TPSA) is 42.2 Å². The first-order chi connectivity index (χ1) is 9.71. The first-order valence-electron chi connectivity index (χ1n) is 6.60. The summed E-state index contributed by atoms with van der Waals surface area (Å²) in [6.07, 6.45) is 3.74. The van der Waals surface area contributed by atoms with Crippen LogP contribution in [0.25, 0.3) is 0 Å². The summed E-state index contributed by atoms with van der Waals surface area (Å²) < 4.78 is 6.08. The van der Waals surface area contributed by atoms with Crippen LogP contribution in [0.5, 0.6) is 0 Å². The van der Waals surface area contributed by atoms with E-state index in [-0.39, 0.29) is 0 Å². The lowest BCUT2D eigenvalue weighted by Crippen LogP contribution is -2.22. The fraction of sp³-hybridized carbons (Fsp3) is 0.429. The molecule has 0 bridgehead atoms. The molecule has 4 nitrogen and oxygen atoms in total. The minimum absolute atomic E-state index is 0.623. The summed E-state index contributed by atoms with van der Waals surface area (Å²) in [7, 11) is 0. The highest BCUT2D eigenvalue weighted by molar-refractivity contribution is 7.16. The van der Waals surface area contributed by atoms with Crippen LogP contribution in [0.4, 0.5) is 0 Å². The van der Waals surface area contributed by atoms with E-state index >= 15 is 0 Å². The molecular weight excluding hydrogens is 294 g/mol. The Morgan fingerprint density at radius 3 is 2.95 bits per heavy atom. The van der Waals surface area contributed by atoms with Crippen molar-refractivity contribution in [2.24, 2.45) is 0 Å². The highest BCUT2D eigenvalue weighted by Crippen LogP contribution is 2.23. The molecule has 2 aromatic rings. The van der Waals surface area contributed by atoms with E-state index < -0.39 is 0 Å². The number of aryl methyl sites for hydroxylation is 1. The Morgan fingerprint density at radius 1 is 1.45 bits per heavy atom. The molecule has 2 aromatic heterocycles. The lowest BCUT2D eigenvalue weighted by atomic mass is 10.3. The van der Waals surface area contributed by atoms with Gasteiger partial charge in [-0.15, -0.1) is 17.9 Å². The number of rotatable bonds is 8. The molecule has 6 heteroatoms. The third kappa shape index (κ3) is 4.44. The summed E-state index contributed by atoms with van der Waals surface area (Å²) in [6.45, 7) is 8.08. The van der Waals surface area contributed by atoms with E-state index in [4.69, 9.17) is 16.1 Å². The van der Waals surface area contributed by atoms with Crippen LogP contribution < -0.4 is 0 Å². The molecule has 0 aromatic carbocycles. The predicted octanol–water partition coefficient (Wildman–Crippen LogP) is 3.93. The lowest BCUT2D eigenvalue weighted by molar-refractivity contribution is 0.240. The smallest absolute Gasteiger partial charge is 0.240 e. The zero-order chi connectivity index (χ0) is 14.4. The monoisotopic (exact) mass is 311 g/mol. The van der Waals surface area contributed by atoms with Gasteiger partial charge in [-0.1, -0.05) is 29.8 Å². The van der Waals surface area contributed by atoms with Crippen LogP contribution in [0.2, 0.25) is 4.34 Å². The van der Waals surface area contributed by atoms with Gasteiger partial charge in [0.25, 0.3) is 0 Å². The van der Waals surface area contributed by atoms with E-state index in [1.165, 1.54) is 4.88 Å². The van der Waals surface area contributed by atoms with Gasteiger partial charge >= 0.3 is 0 Å². The van der Waals surface area contributed by atoms with Crippen LogP contribution >= 0.6 is 22.9 Å². The first kappa shape index (κ1) is 15.2. The van der Waals surface area contributed by atoms with Gasteiger partial charge in [0, 0.05) is 24.4 Å². The van der Waals surface area contributed by atoms with Gasteiger partial charge in [0.05, 0.1) is 10.9 Å². The van der Waals surface area contributed by atoms with E-state index in [2.05, 4.69) is 28.5 Å². The van der Waals surface area contributed by atoms with Crippen molar-refractivity contribution in [3.63, 3.8) is 0 Å². The fourth-order valence-corrected chi connectivity index (χ4v) is 3.03. The lowest BCUT2D eigenvalue weighted by Gasteiger charge is -2.17. The summed E-state index contributed by atoms with van der Waals surface area (Å²) in [4.78, 5) is 7.80. The van der Waals surface area contributed by atoms with Crippen molar-refractivity contribution in [2.75, 3.05) is 6.54 Å². The van der Waals surface area contributed by atoms with Crippen molar-refractivity contribution in [1.82, 2.24) is 15.0 Å². The van der Waals surface area contributed by atoms with Crippen molar-refractivity contribution in [1.29, 1.82) is 0 Å². The molecule has 0 aliphatic rings. The van der Waals surface area contributed by atoms with Crippen LogP contribution in [0.15, 0.2) is 29.3 Å². The molecule has 0 N–H and O–H groups in total. The second-order valence-corrected chi connectivity index (χ2v) is 6.32. The number of halogens is 1. The number of hydrogen-bond donors (Lipinski definition) is 0. The van der Waals surface area contributed by atoms with Gasteiger partial charge in [0.2, 0.25) is 5.89 Å². The maximum absolute atomic E-state index is 5.96. The van der Waals surface area contributed by atoms with Crippen LogP contribution in [0.1, 0.15) is 29.9 Å². The van der Waals surface area contributed by atoms with E-state index in [1.807, 2.05) is 18.2 Å². The normalized spacial score (nSPS) is 11.2. The highest BCUT2D eigenvalue weighted by Gasteiger charge is 2.12. The van der Waals surface area contributed by atoms with Gasteiger partial charge < -0.3 is 4.52 Å². The van der Waals surface area contributed by atoms with E-state index in [0.717, 1.165) is 36.1 Å². The minimum atomic E-state index is 0.623. The molecule has 108 valence electrons. The number of nitrogens with zero attached hydrogens (tertiary/aromatic N) is 3. The van der Waals surface area contributed by atoms with Gasteiger partial charge in [0.15, 0.2) is 5.82 Å². The number of hydrogen-bond acceptors (Lipinski definition) is 5. The molecule has 0 saturated carbocycles. The van der Waals surface area contributed by atoms with Crippen molar-refractivity contribution in [3.8, 4) is 0 Å². The van der Waals surface area contributed by atoms with Crippen molar-refractivity contribution in [3.05, 3.63) is 45.7 Å². The van der Waals surface area contributed by atoms with Crippen LogP contribution in [-0.2, 0) is 19.5 Å². The molecule has 0 amide bonds. The van der Waals surface area contributed by atoms with E-state index in [1.54, 1.807) is 11.3 Å². The molecular formula is C14H18ClN3OS. The quantitative estimate of drug-likeness (QED) is 0.693. The van der Waals surface area contributed by atoms with Crippen molar-refractivity contribution < 1.29 is 4.52 Å². The molecule has 0 spiro atoms. The van der Waals surface area contributed by atoms with E-state index in [0.29, 0.717) is 12.4 Å². The molecule has 0 radical (unpaired) electrons. The Balaban J connectivity index is 1.98. The Bertz CT molecular complexity index is 552. The molecule has 0 aliphatic heterocycles. The standard InChI is InChI=1S/C14H18ClN3OS/c1-3-5-13-16-14(19-17-13)10-18(8-4-2)9-11-6-7-12(15)20-11/h4,6-7H,2-3,5,8-10H2,1H3. The Labute approximate surface area is 128 Å². The fourth-order valence-electron chi connectivity index (χ4n) is 1.90. The largest absolute Gasteiger partial charge is 0.338 e. The van der Waals surface area contributed by atoms with Crippen molar-refractivity contribution in [2.45, 2.75) is 32.9 Å². The average Bonchev–Trinajstić information content (AvgIpc) is 3.00. The molecule has 2 heterocycles. The molecule has 2 rings (SSSR count). The van der Waals surface area contributed by atoms with Gasteiger partial charge in [0.1, 0.15) is 0 Å². The molecule has 0 fully saturated rings. The van der Waals surface area contributed by atoms with Crippen LogP contribution in [0.3, 0.4) is 0 Å². The molecule has 0 atom stereocenters.